The quantitative estimate of drug-likeness (QED) is 0.347. The van der Waals surface area contributed by atoms with Crippen LogP contribution in [0.15, 0.2) is 27.9 Å². The van der Waals surface area contributed by atoms with Crippen molar-refractivity contribution in [3.63, 3.8) is 0 Å². The number of aromatic nitrogens is 3. The Labute approximate surface area is 183 Å². The Morgan fingerprint density at radius 1 is 1.14 bits per heavy atom. The zero-order valence-corrected chi connectivity index (χ0v) is 19.0. The van der Waals surface area contributed by atoms with E-state index >= 15 is 0 Å². The summed E-state index contributed by atoms with van der Waals surface area (Å²) in [4.78, 5) is 21.9. The molecule has 3 rings (SSSR count). The lowest BCUT2D eigenvalue weighted by Gasteiger charge is -2.34. The van der Waals surface area contributed by atoms with Gasteiger partial charge in [0, 0.05) is 58.7 Å². The van der Waals surface area contributed by atoms with Gasteiger partial charge in [-0.3, -0.25) is 9.89 Å². The summed E-state index contributed by atoms with van der Waals surface area (Å²) in [5, 5.41) is 6.57. The minimum atomic E-state index is 0. The highest BCUT2D eigenvalue weighted by molar-refractivity contribution is 14.0. The minimum absolute atomic E-state index is 0. The Balaban J connectivity index is 0.00000280. The highest BCUT2D eigenvalue weighted by Gasteiger charge is 2.18. The maximum absolute atomic E-state index is 5.58. The first-order chi connectivity index (χ1) is 13.2. The topological polar surface area (TPSA) is 94.7 Å². The molecule has 2 aromatic rings. The Morgan fingerprint density at radius 2 is 1.86 bits per heavy atom. The number of hydrogen-bond acceptors (Lipinski definition) is 7. The highest BCUT2D eigenvalue weighted by atomic mass is 127. The van der Waals surface area contributed by atoms with E-state index < -0.39 is 0 Å². The van der Waals surface area contributed by atoms with Crippen molar-refractivity contribution in [1.29, 1.82) is 0 Å². The Bertz CT molecular complexity index is 724. The third kappa shape index (κ3) is 6.30. The lowest BCUT2D eigenvalue weighted by atomic mass is 10.3. The average molecular weight is 500 g/mol. The number of piperazine rings is 1. The van der Waals surface area contributed by atoms with Crippen LogP contribution in [0.5, 0.6) is 0 Å². The molecule has 0 bridgehead atoms. The van der Waals surface area contributed by atoms with Gasteiger partial charge in [0.2, 0.25) is 11.8 Å². The first kappa shape index (κ1) is 22.3. The Morgan fingerprint density at radius 3 is 2.46 bits per heavy atom. The number of hydrogen-bond donors (Lipinski definition) is 2. The van der Waals surface area contributed by atoms with Crippen molar-refractivity contribution in [2.45, 2.75) is 20.4 Å². The number of nitrogens with zero attached hydrogens (tertiary/aromatic N) is 6. The van der Waals surface area contributed by atoms with Gasteiger partial charge < -0.3 is 20.0 Å². The number of anilines is 1. The standard InChI is InChI=1S/C18H28N8O.HI/c1-14-15(2)27-16(24-14)13-23-17(19-3)20-7-8-25-9-11-26(12-10-25)18-21-5-4-6-22-18;/h4-6H,7-13H2,1-3H3,(H2,19,20,23);1H. The van der Waals surface area contributed by atoms with E-state index in [1.807, 2.05) is 19.9 Å². The number of nitrogens with one attached hydrogen (secondary N) is 2. The van der Waals surface area contributed by atoms with Gasteiger partial charge >= 0.3 is 0 Å². The summed E-state index contributed by atoms with van der Waals surface area (Å²) in [7, 11) is 1.76. The summed E-state index contributed by atoms with van der Waals surface area (Å²) in [5.41, 5.74) is 0.926. The molecule has 2 aromatic heterocycles. The van der Waals surface area contributed by atoms with Crippen molar-refractivity contribution in [1.82, 2.24) is 30.5 Å². The number of aliphatic imine (C=N–C) groups is 1. The van der Waals surface area contributed by atoms with Crippen molar-refractivity contribution >= 4 is 35.9 Å². The minimum Gasteiger partial charge on any atom is -0.444 e. The van der Waals surface area contributed by atoms with Gasteiger partial charge in [0.15, 0.2) is 5.96 Å². The number of rotatable bonds is 6. The molecular weight excluding hydrogens is 471 g/mol. The molecule has 3 heterocycles. The Hall–Kier alpha value is -1.95. The molecule has 1 aliphatic rings. The van der Waals surface area contributed by atoms with Crippen LogP contribution in [0.1, 0.15) is 17.3 Å². The second-order valence-electron chi connectivity index (χ2n) is 6.48. The average Bonchev–Trinajstić information content (AvgIpc) is 3.03. The first-order valence-corrected chi connectivity index (χ1v) is 9.27. The van der Waals surface area contributed by atoms with E-state index in [1.54, 1.807) is 19.4 Å². The molecule has 154 valence electrons. The molecule has 1 saturated heterocycles. The maximum Gasteiger partial charge on any atom is 0.225 e. The van der Waals surface area contributed by atoms with Crippen LogP contribution in [-0.4, -0.2) is 72.1 Å². The fourth-order valence-electron chi connectivity index (χ4n) is 2.95. The molecule has 0 saturated carbocycles. The van der Waals surface area contributed by atoms with Crippen molar-refractivity contribution in [2.24, 2.45) is 4.99 Å². The van der Waals surface area contributed by atoms with Gasteiger partial charge in [0.05, 0.1) is 12.2 Å². The van der Waals surface area contributed by atoms with Crippen LogP contribution in [0.25, 0.3) is 0 Å². The zero-order chi connectivity index (χ0) is 19.1. The molecule has 2 N–H and O–H groups in total. The normalized spacial score (nSPS) is 15.2. The number of guanidine groups is 1. The number of aryl methyl sites for hydroxylation is 2. The lowest BCUT2D eigenvalue weighted by Crippen LogP contribution is -2.49. The van der Waals surface area contributed by atoms with Gasteiger partial charge in [0.25, 0.3) is 0 Å². The third-order valence-corrected chi connectivity index (χ3v) is 4.63. The van der Waals surface area contributed by atoms with Crippen LogP contribution < -0.4 is 15.5 Å². The van der Waals surface area contributed by atoms with E-state index in [9.17, 15) is 0 Å². The SMILES string of the molecule is CN=C(NCCN1CCN(c2ncccn2)CC1)NCc1nc(C)c(C)o1.I. The second-order valence-corrected chi connectivity index (χ2v) is 6.48. The molecule has 10 heteroatoms. The monoisotopic (exact) mass is 500 g/mol. The molecule has 1 fully saturated rings. The largest absolute Gasteiger partial charge is 0.444 e. The van der Waals surface area contributed by atoms with Crippen LogP contribution in [0.3, 0.4) is 0 Å². The van der Waals surface area contributed by atoms with Gasteiger partial charge in [0.1, 0.15) is 5.76 Å². The van der Waals surface area contributed by atoms with Crippen LogP contribution in [0.4, 0.5) is 5.95 Å². The molecule has 0 unspecified atom stereocenters. The molecule has 0 aliphatic carbocycles. The molecule has 1 aliphatic heterocycles. The maximum atomic E-state index is 5.58. The fourth-order valence-corrected chi connectivity index (χ4v) is 2.95. The van der Waals surface area contributed by atoms with Gasteiger partial charge in [-0.15, -0.1) is 24.0 Å². The fraction of sp³-hybridized carbons (Fsp3) is 0.556. The first-order valence-electron chi connectivity index (χ1n) is 9.27. The van der Waals surface area contributed by atoms with E-state index in [-0.39, 0.29) is 24.0 Å². The predicted molar refractivity (Wildman–Crippen MR) is 120 cm³/mol. The van der Waals surface area contributed by atoms with E-state index in [0.29, 0.717) is 12.4 Å². The van der Waals surface area contributed by atoms with Crippen LogP contribution >= 0.6 is 24.0 Å². The van der Waals surface area contributed by atoms with Crippen molar-refractivity contribution in [3.05, 3.63) is 35.8 Å². The highest BCUT2D eigenvalue weighted by Crippen LogP contribution is 2.09. The smallest absolute Gasteiger partial charge is 0.225 e. The van der Waals surface area contributed by atoms with Gasteiger partial charge in [-0.25, -0.2) is 15.0 Å². The van der Waals surface area contributed by atoms with Crippen molar-refractivity contribution in [2.75, 3.05) is 51.2 Å². The van der Waals surface area contributed by atoms with Gasteiger partial charge in [-0.2, -0.15) is 0 Å². The summed E-state index contributed by atoms with van der Waals surface area (Å²) < 4.78 is 5.58. The van der Waals surface area contributed by atoms with Crippen LogP contribution in [0.2, 0.25) is 0 Å². The predicted octanol–water partition coefficient (Wildman–Crippen LogP) is 1.19. The third-order valence-electron chi connectivity index (χ3n) is 4.63. The summed E-state index contributed by atoms with van der Waals surface area (Å²) >= 11 is 0. The molecule has 0 atom stereocenters. The van der Waals surface area contributed by atoms with Gasteiger partial charge in [-0.05, 0) is 19.9 Å². The molecule has 0 amide bonds. The molecule has 0 radical (unpaired) electrons. The number of oxazole rings is 1. The number of halogens is 1. The summed E-state index contributed by atoms with van der Waals surface area (Å²) in [6.07, 6.45) is 3.58. The van der Waals surface area contributed by atoms with Gasteiger partial charge in [-0.1, -0.05) is 0 Å². The summed E-state index contributed by atoms with van der Waals surface area (Å²) in [6.45, 7) is 10.1. The van der Waals surface area contributed by atoms with E-state index in [2.05, 4.69) is 40.4 Å². The zero-order valence-electron chi connectivity index (χ0n) is 16.7. The van der Waals surface area contributed by atoms with Crippen LogP contribution in [-0.2, 0) is 6.54 Å². The van der Waals surface area contributed by atoms with E-state index in [0.717, 1.165) is 62.6 Å². The molecule has 0 spiro atoms. The van der Waals surface area contributed by atoms with Crippen LogP contribution in [0, 0.1) is 13.8 Å². The Kier molecular flexibility index (Phi) is 8.90. The van der Waals surface area contributed by atoms with E-state index in [4.69, 9.17) is 4.42 Å². The summed E-state index contributed by atoms with van der Waals surface area (Å²) in [5.74, 6) is 3.10. The molecule has 9 nitrogen and oxygen atoms in total. The molecule has 28 heavy (non-hydrogen) atoms. The molecule has 0 aromatic carbocycles. The molecular formula is C18H29IN8O. The van der Waals surface area contributed by atoms with E-state index in [1.165, 1.54) is 0 Å². The van der Waals surface area contributed by atoms with Crippen molar-refractivity contribution < 1.29 is 4.42 Å². The summed E-state index contributed by atoms with van der Waals surface area (Å²) in [6, 6.07) is 1.84. The second kappa shape index (κ2) is 11.1. The van der Waals surface area contributed by atoms with Crippen molar-refractivity contribution in [3.8, 4) is 0 Å². The lowest BCUT2D eigenvalue weighted by molar-refractivity contribution is 0.260.